The van der Waals surface area contributed by atoms with E-state index in [4.69, 9.17) is 4.74 Å². The lowest BCUT2D eigenvalue weighted by Gasteiger charge is -2.16. The molecule has 1 atom stereocenters. The summed E-state index contributed by atoms with van der Waals surface area (Å²) in [6, 6.07) is 16.6. The highest BCUT2D eigenvalue weighted by molar-refractivity contribution is 6.05. The highest BCUT2D eigenvalue weighted by Crippen LogP contribution is 2.37. The van der Waals surface area contributed by atoms with Gasteiger partial charge in [-0.05, 0) is 60.5 Å². The molecular formula is C29H24F3N5O3. The number of alkyl halides is 3. The summed E-state index contributed by atoms with van der Waals surface area (Å²) in [7, 11) is 1.60. The Bertz CT molecular complexity index is 1760. The second kappa shape index (κ2) is 9.74. The minimum atomic E-state index is -4.54. The van der Waals surface area contributed by atoms with Crippen molar-refractivity contribution in [2.45, 2.75) is 25.1 Å². The smallest absolute Gasteiger partial charge is 0.416 e. The molecular weight excluding hydrogens is 523 g/mol. The summed E-state index contributed by atoms with van der Waals surface area (Å²) in [4.78, 5) is 36.1. The van der Waals surface area contributed by atoms with Crippen LogP contribution in [0, 0.1) is 0 Å². The molecule has 1 aliphatic rings. The van der Waals surface area contributed by atoms with Crippen LogP contribution in [-0.2, 0) is 22.2 Å². The summed E-state index contributed by atoms with van der Waals surface area (Å²) in [5.74, 6) is 0.275. The number of halogens is 3. The summed E-state index contributed by atoms with van der Waals surface area (Å²) in [5.41, 5.74) is 2.45. The van der Waals surface area contributed by atoms with Crippen molar-refractivity contribution in [1.29, 1.82) is 0 Å². The molecule has 0 radical (unpaired) electrons. The van der Waals surface area contributed by atoms with Crippen LogP contribution in [0.15, 0.2) is 72.9 Å². The fourth-order valence-electron chi connectivity index (χ4n) is 5.19. The molecule has 0 saturated heterocycles. The number of hydrogen-bond donors (Lipinski definition) is 2. The molecule has 2 N–H and O–H groups in total. The number of ether oxygens (including phenoxy) is 1. The van der Waals surface area contributed by atoms with E-state index >= 15 is 0 Å². The lowest BCUT2D eigenvalue weighted by molar-refractivity contribution is -0.137. The molecule has 0 bridgehead atoms. The van der Waals surface area contributed by atoms with Crippen LogP contribution >= 0.6 is 0 Å². The molecule has 40 heavy (non-hydrogen) atoms. The average molecular weight is 548 g/mol. The molecule has 8 nitrogen and oxygen atoms in total. The quantitative estimate of drug-likeness (QED) is 0.273. The maximum atomic E-state index is 13.7. The Morgan fingerprint density at radius 3 is 2.73 bits per heavy atom. The zero-order chi connectivity index (χ0) is 28.0. The lowest BCUT2D eigenvalue weighted by atomic mass is 10.1. The third kappa shape index (κ3) is 4.53. The normalized spacial score (nSPS) is 15.2. The highest BCUT2D eigenvalue weighted by atomic mass is 19.4. The Hall–Kier alpha value is -4.80. The molecule has 6 rings (SSSR count). The summed E-state index contributed by atoms with van der Waals surface area (Å²) in [5, 5.41) is 3.50. The number of hydrogen-bond acceptors (Lipinski definition) is 4. The maximum Gasteiger partial charge on any atom is 0.416 e. The van der Waals surface area contributed by atoms with Crippen molar-refractivity contribution >= 4 is 45.4 Å². The second-order valence-corrected chi connectivity index (χ2v) is 9.58. The fraction of sp³-hybridized carbons (Fsp3) is 0.207. The van der Waals surface area contributed by atoms with Crippen molar-refractivity contribution in [3.05, 3.63) is 84.1 Å². The number of rotatable bonds is 7. The van der Waals surface area contributed by atoms with E-state index in [1.165, 1.54) is 12.1 Å². The largest absolute Gasteiger partial charge is 0.497 e. The van der Waals surface area contributed by atoms with Gasteiger partial charge in [0.05, 0.1) is 30.1 Å². The Kier molecular flexibility index (Phi) is 6.21. The van der Waals surface area contributed by atoms with E-state index in [1.807, 2.05) is 48.7 Å². The first-order valence-electron chi connectivity index (χ1n) is 12.6. The molecule has 3 aromatic carbocycles. The number of methoxy groups -OCH3 is 1. The van der Waals surface area contributed by atoms with Gasteiger partial charge in [0.1, 0.15) is 11.8 Å². The van der Waals surface area contributed by atoms with Crippen molar-refractivity contribution in [1.82, 2.24) is 14.5 Å². The standard InChI is InChI=1S/C29H24F3N5O3/c1-40-20-9-10-22-21(14-20)17(16-33-22)11-12-36-27(39)25(37-24-8-3-2-7-23(24)35-28(36)37)15-26(38)34-19-6-4-5-18(13-19)29(30,31)32/h2-10,13-14,16,25,33H,11-12,15H2,1H3,(H,34,38)/t25-/m0/s1. The lowest BCUT2D eigenvalue weighted by Crippen LogP contribution is -2.33. The Morgan fingerprint density at radius 1 is 1.10 bits per heavy atom. The number of aromatic nitrogens is 3. The number of carbonyl (C=O) groups is 2. The third-order valence-electron chi connectivity index (χ3n) is 7.11. The van der Waals surface area contributed by atoms with E-state index in [9.17, 15) is 22.8 Å². The first kappa shape index (κ1) is 25.5. The van der Waals surface area contributed by atoms with Crippen molar-refractivity contribution in [2.24, 2.45) is 0 Å². The van der Waals surface area contributed by atoms with Crippen molar-refractivity contribution < 1.29 is 27.5 Å². The zero-order valence-electron chi connectivity index (χ0n) is 21.3. The fourth-order valence-corrected chi connectivity index (χ4v) is 5.19. The molecule has 11 heteroatoms. The van der Waals surface area contributed by atoms with Crippen LogP contribution in [-0.4, -0.2) is 40.0 Å². The topological polar surface area (TPSA) is 92.2 Å². The Balaban J connectivity index is 1.26. The van der Waals surface area contributed by atoms with E-state index in [0.717, 1.165) is 34.3 Å². The summed E-state index contributed by atoms with van der Waals surface area (Å²) < 4.78 is 46.5. The monoisotopic (exact) mass is 547 g/mol. The SMILES string of the molecule is COc1ccc2[nH]cc(CCN3C(=O)[C@H](CC(=O)Nc4cccc(C(F)(F)F)c4)n4c3nc3ccccc34)c2c1. The van der Waals surface area contributed by atoms with Gasteiger partial charge >= 0.3 is 6.18 Å². The van der Waals surface area contributed by atoms with Gasteiger partial charge in [-0.15, -0.1) is 0 Å². The Labute approximate surface area is 226 Å². The van der Waals surface area contributed by atoms with Crippen LogP contribution in [0.3, 0.4) is 0 Å². The number of carbonyl (C=O) groups excluding carboxylic acids is 2. The summed E-state index contributed by atoms with van der Waals surface area (Å²) in [6.07, 6.45) is -2.38. The number of aromatic amines is 1. The molecule has 0 saturated carbocycles. The number of H-pyrrole nitrogens is 1. The van der Waals surface area contributed by atoms with Gasteiger partial charge in [0, 0.05) is 29.3 Å². The number of nitrogens with zero attached hydrogens (tertiary/aromatic N) is 3. The molecule has 5 aromatic rings. The van der Waals surface area contributed by atoms with Crippen LogP contribution in [0.4, 0.5) is 24.8 Å². The van der Waals surface area contributed by atoms with Gasteiger partial charge in [0.25, 0.3) is 5.91 Å². The van der Waals surface area contributed by atoms with Crippen molar-refractivity contribution in [2.75, 3.05) is 23.9 Å². The molecule has 0 aliphatic carbocycles. The molecule has 1 aliphatic heterocycles. The van der Waals surface area contributed by atoms with Gasteiger partial charge in [-0.3, -0.25) is 19.1 Å². The number of anilines is 2. The van der Waals surface area contributed by atoms with E-state index < -0.39 is 23.7 Å². The zero-order valence-corrected chi connectivity index (χ0v) is 21.3. The molecule has 0 spiro atoms. The number of nitrogens with one attached hydrogen (secondary N) is 2. The predicted octanol–water partition coefficient (Wildman–Crippen LogP) is 5.70. The van der Waals surface area contributed by atoms with E-state index in [2.05, 4.69) is 15.3 Å². The van der Waals surface area contributed by atoms with Gasteiger partial charge in [-0.2, -0.15) is 13.2 Å². The highest BCUT2D eigenvalue weighted by Gasteiger charge is 2.41. The van der Waals surface area contributed by atoms with E-state index in [0.29, 0.717) is 29.9 Å². The number of fused-ring (bicyclic) bond motifs is 4. The number of para-hydroxylation sites is 2. The van der Waals surface area contributed by atoms with Crippen LogP contribution in [0.5, 0.6) is 5.75 Å². The molecule has 0 fully saturated rings. The van der Waals surface area contributed by atoms with Gasteiger partial charge in [0.2, 0.25) is 11.9 Å². The molecule has 204 valence electrons. The number of imidazole rings is 1. The molecule has 0 unspecified atom stereocenters. The molecule has 2 amide bonds. The second-order valence-electron chi connectivity index (χ2n) is 9.58. The van der Waals surface area contributed by atoms with E-state index in [1.54, 1.807) is 16.6 Å². The van der Waals surface area contributed by atoms with Gasteiger partial charge in [-0.25, -0.2) is 4.98 Å². The Morgan fingerprint density at radius 2 is 1.93 bits per heavy atom. The van der Waals surface area contributed by atoms with Crippen LogP contribution in [0.1, 0.15) is 23.6 Å². The van der Waals surface area contributed by atoms with Crippen LogP contribution in [0.25, 0.3) is 21.9 Å². The van der Waals surface area contributed by atoms with Crippen LogP contribution in [0.2, 0.25) is 0 Å². The van der Waals surface area contributed by atoms with E-state index in [-0.39, 0.29) is 18.0 Å². The van der Waals surface area contributed by atoms with Gasteiger partial charge < -0.3 is 15.0 Å². The van der Waals surface area contributed by atoms with Crippen molar-refractivity contribution in [3.8, 4) is 5.75 Å². The van der Waals surface area contributed by atoms with Gasteiger partial charge in [-0.1, -0.05) is 18.2 Å². The maximum absolute atomic E-state index is 13.7. The third-order valence-corrected chi connectivity index (χ3v) is 7.11. The molecule has 2 aromatic heterocycles. The van der Waals surface area contributed by atoms with Crippen LogP contribution < -0.4 is 15.0 Å². The number of amides is 2. The minimum absolute atomic E-state index is 0.00704. The first-order chi connectivity index (χ1) is 19.2. The molecule has 3 heterocycles. The number of benzene rings is 3. The first-order valence-corrected chi connectivity index (χ1v) is 12.6. The predicted molar refractivity (Wildman–Crippen MR) is 144 cm³/mol. The average Bonchev–Trinajstić information content (AvgIpc) is 3.59. The minimum Gasteiger partial charge on any atom is -0.497 e. The summed E-state index contributed by atoms with van der Waals surface area (Å²) in [6.45, 7) is 0.318. The summed E-state index contributed by atoms with van der Waals surface area (Å²) >= 11 is 0. The van der Waals surface area contributed by atoms with Crippen molar-refractivity contribution in [3.63, 3.8) is 0 Å². The van der Waals surface area contributed by atoms with Gasteiger partial charge in [0.15, 0.2) is 0 Å².